The van der Waals surface area contributed by atoms with E-state index in [1.54, 1.807) is 35.5 Å². The van der Waals surface area contributed by atoms with Gasteiger partial charge in [0.25, 0.3) is 11.8 Å². The number of carbonyl (C=O) groups is 2. The molecule has 0 aliphatic carbocycles. The van der Waals surface area contributed by atoms with Crippen LogP contribution in [0.3, 0.4) is 0 Å². The Kier molecular flexibility index (Phi) is 4.19. The Morgan fingerprint density at radius 1 is 0.962 bits per heavy atom. The van der Waals surface area contributed by atoms with Gasteiger partial charge in [0.15, 0.2) is 0 Å². The van der Waals surface area contributed by atoms with E-state index in [9.17, 15) is 9.59 Å². The predicted octanol–water partition coefficient (Wildman–Crippen LogP) is 3.42. The number of amides is 2. The molecule has 0 saturated heterocycles. The molecule has 1 N–H and O–H groups in total. The number of pyridine rings is 1. The summed E-state index contributed by atoms with van der Waals surface area (Å²) in [6.07, 6.45) is 3.23. The lowest BCUT2D eigenvalue weighted by Crippen LogP contribution is -2.37. The van der Waals surface area contributed by atoms with Crippen LogP contribution < -0.4 is 5.32 Å². The van der Waals surface area contributed by atoms with Crippen molar-refractivity contribution in [2.45, 2.75) is 12.6 Å². The van der Waals surface area contributed by atoms with E-state index in [-0.39, 0.29) is 11.8 Å². The van der Waals surface area contributed by atoms with Gasteiger partial charge < -0.3 is 10.2 Å². The third-order valence-electron chi connectivity index (χ3n) is 4.47. The number of anilines is 1. The minimum atomic E-state index is -0.704. The van der Waals surface area contributed by atoms with Gasteiger partial charge in [-0.3, -0.25) is 14.6 Å². The minimum Gasteiger partial charge on any atom is -0.324 e. The maximum atomic E-state index is 13.1. The van der Waals surface area contributed by atoms with Crippen LogP contribution in [0.4, 0.5) is 5.69 Å². The quantitative estimate of drug-likeness (QED) is 0.789. The molecule has 2 aromatic carbocycles. The van der Waals surface area contributed by atoms with Gasteiger partial charge in [-0.1, -0.05) is 48.5 Å². The van der Waals surface area contributed by atoms with E-state index in [4.69, 9.17) is 0 Å². The highest BCUT2D eigenvalue weighted by Crippen LogP contribution is 2.32. The first-order valence-electron chi connectivity index (χ1n) is 8.39. The SMILES string of the molecule is O=C(Nc1ccncc1)[C@H](c1ccccc1)N1Cc2ccccc2C1=O. The minimum absolute atomic E-state index is 0.126. The van der Waals surface area contributed by atoms with Gasteiger partial charge in [-0.05, 0) is 29.3 Å². The van der Waals surface area contributed by atoms with E-state index in [2.05, 4.69) is 10.3 Å². The van der Waals surface area contributed by atoms with Crippen molar-refractivity contribution in [1.82, 2.24) is 9.88 Å². The lowest BCUT2D eigenvalue weighted by Gasteiger charge is -2.27. The van der Waals surface area contributed by atoms with Crippen LogP contribution in [0.5, 0.6) is 0 Å². The zero-order valence-corrected chi connectivity index (χ0v) is 14.0. The fraction of sp³-hybridized carbons (Fsp3) is 0.0952. The number of nitrogens with one attached hydrogen (secondary N) is 1. The molecule has 5 heteroatoms. The van der Waals surface area contributed by atoms with Crippen LogP contribution >= 0.6 is 0 Å². The second-order valence-electron chi connectivity index (χ2n) is 6.13. The van der Waals surface area contributed by atoms with E-state index in [1.165, 1.54) is 0 Å². The van der Waals surface area contributed by atoms with Gasteiger partial charge >= 0.3 is 0 Å². The molecule has 1 aromatic heterocycles. The van der Waals surface area contributed by atoms with E-state index in [0.717, 1.165) is 11.1 Å². The highest BCUT2D eigenvalue weighted by molar-refractivity contribution is 6.03. The van der Waals surface area contributed by atoms with Crippen molar-refractivity contribution >= 4 is 17.5 Å². The van der Waals surface area contributed by atoms with Crippen LogP contribution in [0.2, 0.25) is 0 Å². The Bertz CT molecular complexity index is 942. The maximum absolute atomic E-state index is 13.1. The Hall–Kier alpha value is -3.47. The molecule has 0 radical (unpaired) electrons. The molecule has 4 rings (SSSR count). The lowest BCUT2D eigenvalue weighted by molar-refractivity contribution is -0.120. The largest absolute Gasteiger partial charge is 0.324 e. The van der Waals surface area contributed by atoms with Crippen LogP contribution in [0.15, 0.2) is 79.1 Å². The molecule has 26 heavy (non-hydrogen) atoms. The second-order valence-corrected chi connectivity index (χ2v) is 6.13. The molecule has 2 heterocycles. The average Bonchev–Trinajstić information content (AvgIpc) is 3.00. The number of fused-ring (bicyclic) bond motifs is 1. The summed E-state index contributed by atoms with van der Waals surface area (Å²) in [5, 5.41) is 2.89. The van der Waals surface area contributed by atoms with Crippen molar-refractivity contribution in [3.05, 3.63) is 95.8 Å². The summed E-state index contributed by atoms with van der Waals surface area (Å²) in [4.78, 5) is 31.6. The normalized spacial score (nSPS) is 14.0. The van der Waals surface area contributed by atoms with Crippen LogP contribution in [-0.2, 0) is 11.3 Å². The molecule has 1 atom stereocenters. The third-order valence-corrected chi connectivity index (χ3v) is 4.47. The average molecular weight is 343 g/mol. The summed E-state index contributed by atoms with van der Waals surface area (Å²) < 4.78 is 0. The van der Waals surface area contributed by atoms with Crippen LogP contribution in [-0.4, -0.2) is 21.7 Å². The van der Waals surface area contributed by atoms with Gasteiger partial charge in [0.05, 0.1) is 0 Å². The van der Waals surface area contributed by atoms with Crippen LogP contribution in [0, 0.1) is 0 Å². The zero-order valence-electron chi connectivity index (χ0n) is 14.0. The summed E-state index contributed by atoms with van der Waals surface area (Å²) in [6.45, 7) is 0.415. The number of rotatable bonds is 4. The smallest absolute Gasteiger partial charge is 0.255 e. The van der Waals surface area contributed by atoms with E-state index >= 15 is 0 Å². The topological polar surface area (TPSA) is 62.3 Å². The van der Waals surface area contributed by atoms with Crippen LogP contribution in [0.25, 0.3) is 0 Å². The first-order valence-corrected chi connectivity index (χ1v) is 8.39. The first kappa shape index (κ1) is 16.0. The van der Waals surface area contributed by atoms with Gasteiger partial charge in [0, 0.05) is 30.2 Å². The van der Waals surface area contributed by atoms with Crippen LogP contribution in [0.1, 0.15) is 27.5 Å². The Morgan fingerprint density at radius 2 is 1.65 bits per heavy atom. The van der Waals surface area contributed by atoms with Gasteiger partial charge in [-0.25, -0.2) is 0 Å². The van der Waals surface area contributed by atoms with Crippen molar-refractivity contribution in [2.24, 2.45) is 0 Å². The van der Waals surface area contributed by atoms with E-state index < -0.39 is 6.04 Å². The third kappa shape index (κ3) is 2.95. The number of carbonyl (C=O) groups excluding carboxylic acids is 2. The summed E-state index contributed by atoms with van der Waals surface area (Å²) in [6, 6.07) is 19.6. The molecule has 128 valence electrons. The maximum Gasteiger partial charge on any atom is 0.255 e. The van der Waals surface area contributed by atoms with Crippen molar-refractivity contribution in [3.63, 3.8) is 0 Å². The molecule has 0 saturated carbocycles. The number of benzene rings is 2. The number of nitrogens with zero attached hydrogens (tertiary/aromatic N) is 2. The lowest BCUT2D eigenvalue weighted by atomic mass is 10.0. The molecule has 1 aliphatic heterocycles. The van der Waals surface area contributed by atoms with E-state index in [0.29, 0.717) is 17.8 Å². The summed E-state index contributed by atoms with van der Waals surface area (Å²) in [5.74, 6) is -0.372. The predicted molar refractivity (Wildman–Crippen MR) is 98.4 cm³/mol. The Labute approximate surface area is 151 Å². The number of hydrogen-bond donors (Lipinski definition) is 1. The van der Waals surface area contributed by atoms with Crippen molar-refractivity contribution in [2.75, 3.05) is 5.32 Å². The molecule has 1 aliphatic rings. The molecular formula is C21H17N3O2. The van der Waals surface area contributed by atoms with Crippen molar-refractivity contribution in [1.29, 1.82) is 0 Å². The van der Waals surface area contributed by atoms with Crippen molar-refractivity contribution < 1.29 is 9.59 Å². The molecule has 2 amide bonds. The molecule has 0 unspecified atom stereocenters. The fourth-order valence-electron chi connectivity index (χ4n) is 3.24. The molecule has 0 bridgehead atoms. The zero-order chi connectivity index (χ0) is 17.9. The standard InChI is InChI=1S/C21H17N3O2/c25-20(23-17-10-12-22-13-11-17)19(15-6-2-1-3-7-15)24-14-16-8-4-5-9-18(16)21(24)26/h1-13,19H,14H2,(H,22,23,25)/t19-/m0/s1. The molecule has 5 nitrogen and oxygen atoms in total. The monoisotopic (exact) mass is 343 g/mol. The Morgan fingerprint density at radius 3 is 2.38 bits per heavy atom. The fourth-order valence-corrected chi connectivity index (χ4v) is 3.24. The summed E-state index contributed by atoms with van der Waals surface area (Å²) in [7, 11) is 0. The van der Waals surface area contributed by atoms with E-state index in [1.807, 2.05) is 48.5 Å². The molecule has 0 spiro atoms. The molecular weight excluding hydrogens is 326 g/mol. The number of hydrogen-bond acceptors (Lipinski definition) is 3. The number of aromatic nitrogens is 1. The van der Waals surface area contributed by atoms with Gasteiger partial charge in [-0.2, -0.15) is 0 Å². The summed E-state index contributed by atoms with van der Waals surface area (Å²) in [5.41, 5.74) is 3.02. The van der Waals surface area contributed by atoms with Gasteiger partial charge in [0.2, 0.25) is 0 Å². The summed E-state index contributed by atoms with van der Waals surface area (Å²) >= 11 is 0. The Balaban J connectivity index is 1.69. The molecule has 3 aromatic rings. The molecule has 0 fully saturated rings. The van der Waals surface area contributed by atoms with Crippen molar-refractivity contribution in [3.8, 4) is 0 Å². The second kappa shape index (κ2) is 6.80. The highest BCUT2D eigenvalue weighted by atomic mass is 16.2. The first-order chi connectivity index (χ1) is 12.7. The highest BCUT2D eigenvalue weighted by Gasteiger charge is 2.37. The van der Waals surface area contributed by atoms with Gasteiger partial charge in [0.1, 0.15) is 6.04 Å². The van der Waals surface area contributed by atoms with Gasteiger partial charge in [-0.15, -0.1) is 0 Å².